The van der Waals surface area contributed by atoms with E-state index in [0.717, 1.165) is 22.8 Å². The van der Waals surface area contributed by atoms with Crippen molar-refractivity contribution in [3.63, 3.8) is 0 Å². The van der Waals surface area contributed by atoms with Gasteiger partial charge in [0.15, 0.2) is 0 Å². The van der Waals surface area contributed by atoms with Crippen molar-refractivity contribution in [1.82, 2.24) is 0 Å². The summed E-state index contributed by atoms with van der Waals surface area (Å²) in [5, 5.41) is 6.57. The van der Waals surface area contributed by atoms with Gasteiger partial charge in [-0.25, -0.2) is 0 Å². The number of benzene rings is 1. The quantitative estimate of drug-likeness (QED) is 0.724. The summed E-state index contributed by atoms with van der Waals surface area (Å²) < 4.78 is 0. The summed E-state index contributed by atoms with van der Waals surface area (Å²) in [6, 6.07) is 8.17. The number of allylic oxidation sites excluding steroid dienone is 4. The average molecular weight is 228 g/mol. The van der Waals surface area contributed by atoms with Gasteiger partial charge in [-0.15, -0.1) is 0 Å². The van der Waals surface area contributed by atoms with E-state index in [4.69, 9.17) is 0 Å². The number of nitrogens with one attached hydrogen (secondary N) is 2. The van der Waals surface area contributed by atoms with Crippen LogP contribution in [0.5, 0.6) is 0 Å². The van der Waals surface area contributed by atoms with Crippen molar-refractivity contribution in [2.24, 2.45) is 0 Å². The second-order valence-electron chi connectivity index (χ2n) is 3.75. The van der Waals surface area contributed by atoms with Crippen molar-refractivity contribution in [2.45, 2.75) is 20.8 Å². The molecule has 1 aromatic rings. The molecule has 0 bridgehead atoms. The molecule has 0 aliphatic carbocycles. The van der Waals surface area contributed by atoms with Crippen LogP contribution in [0.15, 0.2) is 60.5 Å². The first-order valence-electron chi connectivity index (χ1n) is 5.75. The Balaban J connectivity index is 2.71. The SMILES string of the molecule is C=C/C(=C\C)Nc1ccc(N/C(C)=C/C)cc1. The Labute approximate surface area is 104 Å². The topological polar surface area (TPSA) is 24.1 Å². The van der Waals surface area contributed by atoms with Gasteiger partial charge in [0, 0.05) is 22.8 Å². The Bertz CT molecular complexity index is 425. The summed E-state index contributed by atoms with van der Waals surface area (Å²) in [7, 11) is 0. The Morgan fingerprint density at radius 2 is 1.53 bits per heavy atom. The van der Waals surface area contributed by atoms with E-state index in [-0.39, 0.29) is 0 Å². The summed E-state index contributed by atoms with van der Waals surface area (Å²) in [4.78, 5) is 0. The van der Waals surface area contributed by atoms with E-state index in [1.165, 1.54) is 0 Å². The maximum absolute atomic E-state index is 3.75. The van der Waals surface area contributed by atoms with Crippen LogP contribution in [0.2, 0.25) is 0 Å². The molecular formula is C15H20N2. The van der Waals surface area contributed by atoms with Crippen molar-refractivity contribution >= 4 is 11.4 Å². The minimum atomic E-state index is 1.01. The van der Waals surface area contributed by atoms with E-state index in [9.17, 15) is 0 Å². The molecule has 0 fully saturated rings. The molecule has 0 saturated heterocycles. The molecule has 0 aromatic heterocycles. The molecule has 2 nitrogen and oxygen atoms in total. The van der Waals surface area contributed by atoms with Crippen molar-refractivity contribution in [3.05, 3.63) is 60.5 Å². The first kappa shape index (κ1) is 13.1. The van der Waals surface area contributed by atoms with Crippen LogP contribution in [0.25, 0.3) is 0 Å². The molecule has 0 radical (unpaired) electrons. The van der Waals surface area contributed by atoms with Gasteiger partial charge in [0.05, 0.1) is 0 Å². The Kier molecular flexibility index (Phi) is 5.08. The monoisotopic (exact) mass is 228 g/mol. The highest BCUT2D eigenvalue weighted by Gasteiger charge is 1.95. The summed E-state index contributed by atoms with van der Waals surface area (Å²) in [6.07, 6.45) is 5.83. The second-order valence-corrected chi connectivity index (χ2v) is 3.75. The Hall–Kier alpha value is -1.96. The smallest absolute Gasteiger partial charge is 0.0385 e. The van der Waals surface area contributed by atoms with Gasteiger partial charge < -0.3 is 10.6 Å². The zero-order valence-electron chi connectivity index (χ0n) is 10.7. The van der Waals surface area contributed by atoms with E-state index >= 15 is 0 Å². The van der Waals surface area contributed by atoms with Crippen LogP contribution >= 0.6 is 0 Å². The lowest BCUT2D eigenvalue weighted by molar-refractivity contribution is 1.35. The van der Waals surface area contributed by atoms with Crippen LogP contribution < -0.4 is 10.6 Å². The summed E-state index contributed by atoms with van der Waals surface area (Å²) >= 11 is 0. The molecule has 17 heavy (non-hydrogen) atoms. The maximum Gasteiger partial charge on any atom is 0.0385 e. The molecule has 1 aromatic carbocycles. The molecule has 0 spiro atoms. The zero-order chi connectivity index (χ0) is 12.7. The largest absolute Gasteiger partial charge is 0.359 e. The molecule has 2 N–H and O–H groups in total. The molecule has 0 atom stereocenters. The highest BCUT2D eigenvalue weighted by Crippen LogP contribution is 2.16. The van der Waals surface area contributed by atoms with Crippen molar-refractivity contribution < 1.29 is 0 Å². The molecule has 90 valence electrons. The predicted molar refractivity (Wildman–Crippen MR) is 77.1 cm³/mol. The molecule has 0 heterocycles. The highest BCUT2D eigenvalue weighted by atomic mass is 14.9. The average Bonchev–Trinajstić information content (AvgIpc) is 2.37. The van der Waals surface area contributed by atoms with Crippen molar-refractivity contribution in [2.75, 3.05) is 10.6 Å². The van der Waals surface area contributed by atoms with Crippen molar-refractivity contribution in [1.29, 1.82) is 0 Å². The molecule has 2 heteroatoms. The van der Waals surface area contributed by atoms with E-state index < -0.39 is 0 Å². The van der Waals surface area contributed by atoms with Crippen LogP contribution in [0, 0.1) is 0 Å². The molecule has 0 aliphatic rings. The maximum atomic E-state index is 3.75. The molecule has 0 unspecified atom stereocenters. The van der Waals surface area contributed by atoms with Crippen LogP contribution in [-0.4, -0.2) is 0 Å². The fraction of sp³-hybridized carbons (Fsp3) is 0.200. The molecule has 0 aliphatic heterocycles. The minimum absolute atomic E-state index is 1.01. The lowest BCUT2D eigenvalue weighted by Crippen LogP contribution is -1.97. The molecule has 1 rings (SSSR count). The first-order chi connectivity index (χ1) is 8.19. The van der Waals surface area contributed by atoms with Crippen LogP contribution in [0.3, 0.4) is 0 Å². The number of hydrogen-bond donors (Lipinski definition) is 2. The van der Waals surface area contributed by atoms with E-state index in [1.807, 2.05) is 57.2 Å². The van der Waals surface area contributed by atoms with Gasteiger partial charge >= 0.3 is 0 Å². The summed E-state index contributed by atoms with van der Waals surface area (Å²) in [5.74, 6) is 0. The third-order valence-corrected chi connectivity index (χ3v) is 2.48. The third-order valence-electron chi connectivity index (χ3n) is 2.48. The van der Waals surface area contributed by atoms with Crippen LogP contribution in [0.1, 0.15) is 20.8 Å². The fourth-order valence-corrected chi connectivity index (χ4v) is 1.34. The van der Waals surface area contributed by atoms with E-state index in [2.05, 4.69) is 17.2 Å². The lowest BCUT2D eigenvalue weighted by atomic mass is 10.2. The molecule has 0 amide bonds. The molecular weight excluding hydrogens is 208 g/mol. The Morgan fingerprint density at radius 3 is 1.94 bits per heavy atom. The van der Waals surface area contributed by atoms with Gasteiger partial charge in [-0.1, -0.05) is 18.7 Å². The fourth-order valence-electron chi connectivity index (χ4n) is 1.34. The first-order valence-corrected chi connectivity index (χ1v) is 5.75. The van der Waals surface area contributed by atoms with Gasteiger partial charge in [-0.2, -0.15) is 0 Å². The zero-order valence-corrected chi connectivity index (χ0v) is 10.7. The van der Waals surface area contributed by atoms with Gasteiger partial charge in [-0.3, -0.25) is 0 Å². The normalized spacial score (nSPS) is 12.2. The number of rotatable bonds is 5. The predicted octanol–water partition coefficient (Wildman–Crippen LogP) is 4.52. The second kappa shape index (κ2) is 6.59. The lowest BCUT2D eigenvalue weighted by Gasteiger charge is -2.09. The van der Waals surface area contributed by atoms with Gasteiger partial charge in [0.25, 0.3) is 0 Å². The van der Waals surface area contributed by atoms with Gasteiger partial charge in [0.1, 0.15) is 0 Å². The summed E-state index contributed by atoms with van der Waals surface area (Å²) in [6.45, 7) is 9.78. The third kappa shape index (κ3) is 4.19. The van der Waals surface area contributed by atoms with Crippen LogP contribution in [0.4, 0.5) is 11.4 Å². The highest BCUT2D eigenvalue weighted by molar-refractivity contribution is 5.58. The number of anilines is 2. The minimum Gasteiger partial charge on any atom is -0.359 e. The molecule has 0 saturated carbocycles. The number of hydrogen-bond acceptors (Lipinski definition) is 2. The standard InChI is InChI=1S/C15H20N2/c1-5-12(4)16-14-8-10-15(11-9-14)17-13(6-2)7-3/h5-11,16-17H,2H2,1,3-4H3/b12-5+,13-7+. The van der Waals surface area contributed by atoms with E-state index in [0.29, 0.717) is 0 Å². The van der Waals surface area contributed by atoms with Crippen molar-refractivity contribution in [3.8, 4) is 0 Å². The van der Waals surface area contributed by atoms with E-state index in [1.54, 1.807) is 6.08 Å². The van der Waals surface area contributed by atoms with Gasteiger partial charge in [0.2, 0.25) is 0 Å². The van der Waals surface area contributed by atoms with Gasteiger partial charge in [-0.05, 0) is 51.1 Å². The summed E-state index contributed by atoms with van der Waals surface area (Å²) in [5.41, 5.74) is 4.30. The van der Waals surface area contributed by atoms with Crippen LogP contribution in [-0.2, 0) is 0 Å². The Morgan fingerprint density at radius 1 is 1.00 bits per heavy atom.